The molecule has 20 heavy (non-hydrogen) atoms. The normalized spacial score (nSPS) is 16.9. The van der Waals surface area contributed by atoms with Crippen molar-refractivity contribution in [3.8, 4) is 0 Å². The Hall–Kier alpha value is -1.23. The minimum Gasteiger partial charge on any atom is -0.379 e. The number of ether oxygens (including phenoxy) is 1. The molecule has 10 heteroatoms. The second-order valence-corrected chi connectivity index (χ2v) is 6.62. The molecule has 110 valence electrons. The van der Waals surface area contributed by atoms with Crippen molar-refractivity contribution >= 4 is 37.5 Å². The Kier molecular flexibility index (Phi) is 4.58. The molecular weight excluding hydrogens is 354 g/mol. The molecule has 0 radical (unpaired) electrons. The van der Waals surface area contributed by atoms with E-state index in [1.54, 1.807) is 0 Å². The third-order valence-corrected chi connectivity index (χ3v) is 4.72. The molecule has 0 spiro atoms. The first kappa shape index (κ1) is 15.2. The van der Waals surface area contributed by atoms with Crippen LogP contribution < -0.4 is 4.72 Å². The molecular formula is C10H12BrN3O5S. The molecule has 1 aliphatic rings. The van der Waals surface area contributed by atoms with Crippen LogP contribution in [0.3, 0.4) is 0 Å². The Morgan fingerprint density at radius 1 is 1.35 bits per heavy atom. The Morgan fingerprint density at radius 2 is 2.00 bits per heavy atom. The van der Waals surface area contributed by atoms with E-state index < -0.39 is 15.1 Å². The SMILES string of the molecule is O=[N+]([O-])c1ccc(Br)cc1NS(=O)(=O)N1CCOCC1. The molecule has 0 bridgehead atoms. The van der Waals surface area contributed by atoms with Crippen molar-refractivity contribution in [3.05, 3.63) is 32.8 Å². The Labute approximate surface area is 124 Å². The molecule has 0 atom stereocenters. The Morgan fingerprint density at radius 3 is 2.60 bits per heavy atom. The predicted octanol–water partition coefficient (Wildman–Crippen LogP) is 1.35. The van der Waals surface area contributed by atoms with Crippen molar-refractivity contribution in [2.75, 3.05) is 31.0 Å². The monoisotopic (exact) mass is 365 g/mol. The van der Waals surface area contributed by atoms with Gasteiger partial charge in [0.25, 0.3) is 5.69 Å². The van der Waals surface area contributed by atoms with Gasteiger partial charge in [0.2, 0.25) is 0 Å². The van der Waals surface area contributed by atoms with Crippen LogP contribution in [0.25, 0.3) is 0 Å². The largest absolute Gasteiger partial charge is 0.379 e. The van der Waals surface area contributed by atoms with E-state index in [1.165, 1.54) is 22.5 Å². The van der Waals surface area contributed by atoms with Crippen molar-refractivity contribution in [2.45, 2.75) is 0 Å². The number of nitro groups is 1. The van der Waals surface area contributed by atoms with E-state index in [9.17, 15) is 18.5 Å². The molecule has 1 aromatic carbocycles. The Balaban J connectivity index is 2.28. The molecule has 0 aliphatic carbocycles. The van der Waals surface area contributed by atoms with Crippen molar-refractivity contribution in [1.82, 2.24) is 4.31 Å². The number of anilines is 1. The molecule has 1 heterocycles. The summed E-state index contributed by atoms with van der Waals surface area (Å²) in [5.74, 6) is 0. The van der Waals surface area contributed by atoms with Gasteiger partial charge < -0.3 is 4.74 Å². The first-order valence-electron chi connectivity index (χ1n) is 5.70. The van der Waals surface area contributed by atoms with Gasteiger partial charge in [0.15, 0.2) is 0 Å². The lowest BCUT2D eigenvalue weighted by Gasteiger charge is -2.26. The van der Waals surface area contributed by atoms with Gasteiger partial charge in [-0.1, -0.05) is 15.9 Å². The number of rotatable bonds is 4. The van der Waals surface area contributed by atoms with Crippen LogP contribution in [0.1, 0.15) is 0 Å². The molecule has 1 aliphatic heterocycles. The van der Waals surface area contributed by atoms with Crippen molar-refractivity contribution < 1.29 is 18.1 Å². The number of nitro benzene ring substituents is 1. The number of nitrogens with one attached hydrogen (secondary N) is 1. The molecule has 0 aromatic heterocycles. The van der Waals surface area contributed by atoms with Crippen LogP contribution >= 0.6 is 15.9 Å². The van der Waals surface area contributed by atoms with Crippen LogP contribution in [-0.2, 0) is 14.9 Å². The molecule has 2 rings (SSSR count). The van der Waals surface area contributed by atoms with E-state index in [0.29, 0.717) is 17.7 Å². The van der Waals surface area contributed by atoms with Gasteiger partial charge in [0, 0.05) is 23.6 Å². The highest BCUT2D eigenvalue weighted by Gasteiger charge is 2.27. The zero-order chi connectivity index (χ0) is 14.8. The number of benzene rings is 1. The molecule has 1 saturated heterocycles. The molecule has 0 saturated carbocycles. The first-order valence-corrected chi connectivity index (χ1v) is 7.93. The summed E-state index contributed by atoms with van der Waals surface area (Å²) in [7, 11) is -3.83. The van der Waals surface area contributed by atoms with Crippen molar-refractivity contribution in [3.63, 3.8) is 0 Å². The number of morpholine rings is 1. The molecule has 0 amide bonds. The maximum atomic E-state index is 12.2. The van der Waals surface area contributed by atoms with Gasteiger partial charge in [-0.05, 0) is 12.1 Å². The summed E-state index contributed by atoms with van der Waals surface area (Å²) in [5, 5.41) is 10.9. The van der Waals surface area contributed by atoms with Gasteiger partial charge >= 0.3 is 10.2 Å². The van der Waals surface area contributed by atoms with E-state index in [1.807, 2.05) is 0 Å². The molecule has 1 fully saturated rings. The van der Waals surface area contributed by atoms with E-state index >= 15 is 0 Å². The lowest BCUT2D eigenvalue weighted by molar-refractivity contribution is -0.383. The van der Waals surface area contributed by atoms with Crippen LogP contribution in [0.15, 0.2) is 22.7 Å². The minimum absolute atomic E-state index is 0.0733. The standard InChI is InChI=1S/C10H12BrN3O5S/c11-8-1-2-10(14(15)16)9(7-8)12-20(17,18)13-3-5-19-6-4-13/h1-2,7,12H,3-6H2. The minimum atomic E-state index is -3.83. The number of hydrogen-bond acceptors (Lipinski definition) is 5. The number of hydrogen-bond donors (Lipinski definition) is 1. The van der Waals surface area contributed by atoms with Gasteiger partial charge in [-0.2, -0.15) is 12.7 Å². The summed E-state index contributed by atoms with van der Waals surface area (Å²) >= 11 is 3.16. The second kappa shape index (κ2) is 6.04. The van der Waals surface area contributed by atoms with Crippen LogP contribution in [0.2, 0.25) is 0 Å². The van der Waals surface area contributed by atoms with E-state index in [0.717, 1.165) is 0 Å². The van der Waals surface area contributed by atoms with Gasteiger partial charge in [-0.25, -0.2) is 0 Å². The third kappa shape index (κ3) is 3.45. The molecule has 1 aromatic rings. The van der Waals surface area contributed by atoms with Gasteiger partial charge in [0.1, 0.15) is 5.69 Å². The summed E-state index contributed by atoms with van der Waals surface area (Å²) < 4.78 is 33.4. The molecule has 1 N–H and O–H groups in total. The van der Waals surface area contributed by atoms with E-state index in [-0.39, 0.29) is 24.5 Å². The van der Waals surface area contributed by atoms with E-state index in [2.05, 4.69) is 20.7 Å². The summed E-state index contributed by atoms with van der Waals surface area (Å²) in [6.45, 7) is 1.05. The average molecular weight is 366 g/mol. The van der Waals surface area contributed by atoms with E-state index in [4.69, 9.17) is 4.74 Å². The highest BCUT2D eigenvalue weighted by atomic mass is 79.9. The predicted molar refractivity (Wildman–Crippen MR) is 75.7 cm³/mol. The van der Waals surface area contributed by atoms with Gasteiger partial charge in [-0.15, -0.1) is 0 Å². The maximum Gasteiger partial charge on any atom is 0.302 e. The van der Waals surface area contributed by atoms with Crippen molar-refractivity contribution in [2.24, 2.45) is 0 Å². The smallest absolute Gasteiger partial charge is 0.302 e. The fourth-order valence-corrected chi connectivity index (χ4v) is 3.30. The third-order valence-electron chi connectivity index (χ3n) is 2.70. The molecule has 8 nitrogen and oxygen atoms in total. The van der Waals surface area contributed by atoms with Gasteiger partial charge in [-0.3, -0.25) is 14.8 Å². The lowest BCUT2D eigenvalue weighted by atomic mass is 10.3. The maximum absolute atomic E-state index is 12.2. The van der Waals surface area contributed by atoms with Crippen LogP contribution in [-0.4, -0.2) is 43.9 Å². The molecule has 0 unspecified atom stereocenters. The quantitative estimate of drug-likeness (QED) is 0.640. The highest BCUT2D eigenvalue weighted by molar-refractivity contribution is 9.10. The summed E-state index contributed by atoms with van der Waals surface area (Å²) in [6, 6.07) is 4.07. The fourth-order valence-electron chi connectivity index (χ4n) is 1.74. The summed E-state index contributed by atoms with van der Waals surface area (Å²) in [6.07, 6.45) is 0. The Bertz CT molecular complexity index is 615. The fraction of sp³-hybridized carbons (Fsp3) is 0.400. The van der Waals surface area contributed by atoms with Crippen LogP contribution in [0.4, 0.5) is 11.4 Å². The number of halogens is 1. The summed E-state index contributed by atoms with van der Waals surface area (Å²) in [4.78, 5) is 10.3. The van der Waals surface area contributed by atoms with Crippen LogP contribution in [0.5, 0.6) is 0 Å². The topological polar surface area (TPSA) is 102 Å². The zero-order valence-corrected chi connectivity index (χ0v) is 12.7. The van der Waals surface area contributed by atoms with Crippen LogP contribution in [0, 0.1) is 10.1 Å². The van der Waals surface area contributed by atoms with Gasteiger partial charge in [0.05, 0.1) is 18.1 Å². The van der Waals surface area contributed by atoms with Crippen molar-refractivity contribution in [1.29, 1.82) is 0 Å². The highest BCUT2D eigenvalue weighted by Crippen LogP contribution is 2.29. The average Bonchev–Trinajstić information content (AvgIpc) is 2.39. The number of nitrogens with zero attached hydrogens (tertiary/aromatic N) is 2. The second-order valence-electron chi connectivity index (χ2n) is 4.04. The summed E-state index contributed by atoms with van der Waals surface area (Å²) in [5.41, 5.74) is -0.374. The first-order chi connectivity index (χ1) is 9.40. The zero-order valence-electron chi connectivity index (χ0n) is 10.3. The lowest BCUT2D eigenvalue weighted by Crippen LogP contribution is -2.43.